The number of hydrogen-bond acceptors (Lipinski definition) is 4. The van der Waals surface area contributed by atoms with Gasteiger partial charge in [0.1, 0.15) is 16.4 Å². The van der Waals surface area contributed by atoms with Crippen LogP contribution in [0.2, 0.25) is 0 Å². The van der Waals surface area contributed by atoms with E-state index in [4.69, 9.17) is 0 Å². The summed E-state index contributed by atoms with van der Waals surface area (Å²) in [4.78, 5) is 27.0. The van der Waals surface area contributed by atoms with Crippen LogP contribution in [-0.2, 0) is 0 Å². The molecule has 1 unspecified atom stereocenters. The Balaban J connectivity index is 2.18. The largest absolute Gasteiger partial charge is 0.331 e. The Bertz CT molecular complexity index is 953. The number of halogens is 1. The Kier molecular flexibility index (Phi) is 5.46. The normalized spacial score (nSPS) is 23.0. The number of nitrogens with zero attached hydrogens (tertiary/aromatic N) is 1. The zero-order chi connectivity index (χ0) is 19.7. The lowest BCUT2D eigenvalue weighted by atomic mass is 9.90. The van der Waals surface area contributed by atoms with E-state index in [1.807, 2.05) is 24.0 Å². The third-order valence-corrected chi connectivity index (χ3v) is 5.72. The third-order valence-electron chi connectivity index (χ3n) is 4.84. The first kappa shape index (κ1) is 19.3. The molecule has 1 aromatic heterocycles. The molecule has 2 heterocycles. The second-order valence-corrected chi connectivity index (χ2v) is 7.56. The molecule has 3 rings (SSSR count). The number of nitrogens with one attached hydrogen (secondary N) is 1. The number of aromatic nitrogens is 1. The molecule has 0 spiro atoms. The molecule has 0 aromatic carbocycles. The van der Waals surface area contributed by atoms with Crippen LogP contribution in [-0.4, -0.2) is 16.2 Å². The Morgan fingerprint density at radius 3 is 2.63 bits per heavy atom. The average Bonchev–Trinajstić information content (AvgIpc) is 3.40. The predicted octanol–water partition coefficient (Wildman–Crippen LogP) is 5.05. The number of H-pyrrole nitrogens is 1. The lowest BCUT2D eigenvalue weighted by Gasteiger charge is -2.34. The summed E-state index contributed by atoms with van der Waals surface area (Å²) in [6, 6.07) is 0.241. The van der Waals surface area contributed by atoms with Crippen LogP contribution in [0.3, 0.4) is 0 Å². The highest BCUT2D eigenvalue weighted by molar-refractivity contribution is 7.10. The molecule has 0 bridgehead atoms. The minimum Gasteiger partial charge on any atom is -0.331 e. The van der Waals surface area contributed by atoms with Gasteiger partial charge in [0.05, 0.1) is 5.92 Å². The quantitative estimate of drug-likeness (QED) is 0.720. The maximum absolute atomic E-state index is 14.4. The van der Waals surface area contributed by atoms with Crippen LogP contribution >= 0.6 is 11.5 Å². The second-order valence-electron chi connectivity index (χ2n) is 6.77. The van der Waals surface area contributed by atoms with Crippen LogP contribution in [0.5, 0.6) is 0 Å². The standard InChI is InChI=1S/C21H23FN2O2S/c1-5-7-8-14(6-2)16(13(4)22)11-17-12(3)19(25)18-20(26)23-27-21(18)24(17)15-9-10-15/h5-8,11-12,15H,2,9-10H2,1,3-4H3,(H,23,26)/b7-5-,14-8+,16-13-,17-11+. The number of ketones is 1. The van der Waals surface area contributed by atoms with Gasteiger partial charge in [-0.2, -0.15) is 0 Å². The number of anilines is 1. The van der Waals surface area contributed by atoms with Crippen molar-refractivity contribution < 1.29 is 9.18 Å². The van der Waals surface area contributed by atoms with Crippen LogP contribution in [0.25, 0.3) is 0 Å². The molecule has 6 heteroatoms. The molecule has 1 aliphatic carbocycles. The van der Waals surface area contributed by atoms with E-state index >= 15 is 0 Å². The SMILES string of the molecule is C=CC(=C\C=C/C)/C(/C=C1\C(C)C(=O)c2c(s[nH]c2=O)N1C1CC1)=C(/C)F. The first-order valence-electron chi connectivity index (χ1n) is 8.99. The lowest BCUT2D eigenvalue weighted by Crippen LogP contribution is -2.38. The van der Waals surface area contributed by atoms with Gasteiger partial charge in [0.15, 0.2) is 5.78 Å². The van der Waals surface area contributed by atoms with Gasteiger partial charge in [-0.25, -0.2) is 4.39 Å². The summed E-state index contributed by atoms with van der Waals surface area (Å²) in [6.45, 7) is 8.85. The monoisotopic (exact) mass is 386 g/mol. The first-order chi connectivity index (χ1) is 12.9. The summed E-state index contributed by atoms with van der Waals surface area (Å²) >= 11 is 1.17. The van der Waals surface area contributed by atoms with E-state index in [1.165, 1.54) is 18.5 Å². The maximum atomic E-state index is 14.4. The molecule has 0 saturated heterocycles. The summed E-state index contributed by atoms with van der Waals surface area (Å²) in [6.07, 6.45) is 10.8. The number of carbonyl (C=O) groups is 1. The Morgan fingerprint density at radius 1 is 1.37 bits per heavy atom. The molecular weight excluding hydrogens is 363 g/mol. The molecule has 142 valence electrons. The molecule has 1 aromatic rings. The van der Waals surface area contributed by atoms with E-state index in [-0.39, 0.29) is 28.8 Å². The fraction of sp³-hybridized carbons (Fsp3) is 0.333. The van der Waals surface area contributed by atoms with Crippen LogP contribution in [0, 0.1) is 5.92 Å². The number of aromatic amines is 1. The van der Waals surface area contributed by atoms with Crippen molar-refractivity contribution in [1.82, 2.24) is 4.37 Å². The van der Waals surface area contributed by atoms with E-state index in [0.29, 0.717) is 16.1 Å². The highest BCUT2D eigenvalue weighted by Crippen LogP contribution is 2.44. The van der Waals surface area contributed by atoms with E-state index < -0.39 is 5.92 Å². The number of allylic oxidation sites excluding steroid dienone is 9. The van der Waals surface area contributed by atoms with Gasteiger partial charge in [-0.1, -0.05) is 30.9 Å². The van der Waals surface area contributed by atoms with Crippen LogP contribution in [0.1, 0.15) is 44.0 Å². The number of carbonyl (C=O) groups excluding carboxylic acids is 1. The van der Waals surface area contributed by atoms with Gasteiger partial charge in [-0.05, 0) is 56.8 Å². The number of fused-ring (bicyclic) bond motifs is 1. The van der Waals surface area contributed by atoms with Gasteiger partial charge in [0.25, 0.3) is 5.56 Å². The van der Waals surface area contributed by atoms with E-state index in [2.05, 4.69) is 11.0 Å². The smallest absolute Gasteiger partial charge is 0.271 e. The highest BCUT2D eigenvalue weighted by Gasteiger charge is 2.43. The average molecular weight is 386 g/mol. The van der Waals surface area contributed by atoms with Crippen LogP contribution < -0.4 is 10.5 Å². The van der Waals surface area contributed by atoms with Crippen molar-refractivity contribution in [3.63, 3.8) is 0 Å². The molecule has 4 nitrogen and oxygen atoms in total. The number of hydrogen-bond donors (Lipinski definition) is 1. The highest BCUT2D eigenvalue weighted by atomic mass is 32.1. The van der Waals surface area contributed by atoms with E-state index in [9.17, 15) is 14.0 Å². The lowest BCUT2D eigenvalue weighted by molar-refractivity contribution is 0.0941. The van der Waals surface area contributed by atoms with Crippen molar-refractivity contribution in [2.24, 2.45) is 5.92 Å². The van der Waals surface area contributed by atoms with Crippen LogP contribution in [0.15, 0.2) is 64.4 Å². The first-order valence-corrected chi connectivity index (χ1v) is 9.81. The maximum Gasteiger partial charge on any atom is 0.271 e. The minimum absolute atomic E-state index is 0.218. The molecule has 1 N–H and O–H groups in total. The summed E-state index contributed by atoms with van der Waals surface area (Å²) < 4.78 is 17.1. The third kappa shape index (κ3) is 3.54. The summed E-state index contributed by atoms with van der Waals surface area (Å²) in [7, 11) is 0. The molecule has 1 aliphatic heterocycles. The van der Waals surface area contributed by atoms with Crippen LogP contribution in [0.4, 0.5) is 9.39 Å². The van der Waals surface area contributed by atoms with Gasteiger partial charge in [0.2, 0.25) is 0 Å². The topological polar surface area (TPSA) is 53.2 Å². The molecular formula is C21H23FN2O2S. The van der Waals surface area contributed by atoms with Gasteiger partial charge in [-0.3, -0.25) is 14.0 Å². The Labute approximate surface area is 162 Å². The summed E-state index contributed by atoms with van der Waals surface area (Å²) in [5, 5.41) is 0.644. The van der Waals surface area contributed by atoms with Gasteiger partial charge >= 0.3 is 0 Å². The van der Waals surface area contributed by atoms with Crippen molar-refractivity contribution in [1.29, 1.82) is 0 Å². The number of rotatable bonds is 5. The summed E-state index contributed by atoms with van der Waals surface area (Å²) in [5.74, 6) is -1.08. The van der Waals surface area contributed by atoms with Gasteiger partial charge < -0.3 is 4.90 Å². The van der Waals surface area contributed by atoms with Crippen molar-refractivity contribution in [2.45, 2.75) is 39.7 Å². The minimum atomic E-state index is -0.518. The Hall–Kier alpha value is -2.47. The Morgan fingerprint density at radius 2 is 2.07 bits per heavy atom. The van der Waals surface area contributed by atoms with Gasteiger partial charge in [0, 0.05) is 17.3 Å². The zero-order valence-electron chi connectivity index (χ0n) is 15.7. The molecule has 2 aliphatic rings. The fourth-order valence-electron chi connectivity index (χ4n) is 3.26. The van der Waals surface area contributed by atoms with Gasteiger partial charge in [-0.15, -0.1) is 0 Å². The van der Waals surface area contributed by atoms with Crippen molar-refractivity contribution >= 4 is 22.3 Å². The zero-order valence-corrected chi connectivity index (χ0v) is 16.5. The fourth-order valence-corrected chi connectivity index (χ4v) is 4.20. The second kappa shape index (κ2) is 7.64. The van der Waals surface area contributed by atoms with Crippen molar-refractivity contribution in [2.75, 3.05) is 4.90 Å². The van der Waals surface area contributed by atoms with E-state index in [1.54, 1.807) is 25.2 Å². The molecule has 1 atom stereocenters. The molecule has 1 saturated carbocycles. The molecule has 0 radical (unpaired) electrons. The molecule has 0 amide bonds. The summed E-state index contributed by atoms with van der Waals surface area (Å²) in [5.41, 5.74) is 1.66. The number of Topliss-reactive ketones (excluding diaryl/α,β-unsaturated/α-hetero) is 1. The molecule has 27 heavy (non-hydrogen) atoms. The van der Waals surface area contributed by atoms with Crippen molar-refractivity contribution in [3.05, 3.63) is 75.5 Å². The molecule has 1 fully saturated rings. The van der Waals surface area contributed by atoms with E-state index in [0.717, 1.165) is 18.5 Å². The van der Waals surface area contributed by atoms with Crippen molar-refractivity contribution in [3.8, 4) is 0 Å². The predicted molar refractivity (Wildman–Crippen MR) is 109 cm³/mol.